The van der Waals surface area contributed by atoms with E-state index in [4.69, 9.17) is 0 Å². The molecule has 0 aliphatic rings. The summed E-state index contributed by atoms with van der Waals surface area (Å²) in [5, 5.41) is 0. The molecule has 0 aliphatic heterocycles. The van der Waals surface area contributed by atoms with Crippen LogP contribution in [0.3, 0.4) is 0 Å². The molecule has 0 N–H and O–H groups in total. The van der Waals surface area contributed by atoms with Gasteiger partial charge in [0.2, 0.25) is 0 Å². The average Bonchev–Trinajstić information content (AvgIpc) is 2.42. The molecule has 0 aromatic heterocycles. The third-order valence-corrected chi connectivity index (χ3v) is 3.93. The van der Waals surface area contributed by atoms with Gasteiger partial charge in [0.05, 0.1) is 6.04 Å². The molecule has 0 fully saturated rings. The lowest BCUT2D eigenvalue weighted by Gasteiger charge is -2.29. The Morgan fingerprint density at radius 1 is 1.15 bits per heavy atom. The van der Waals surface area contributed by atoms with E-state index in [1.54, 1.807) is 0 Å². The van der Waals surface area contributed by atoms with Crippen LogP contribution in [0, 0.1) is 0 Å². The first-order chi connectivity index (χ1) is 9.45. The van der Waals surface area contributed by atoms with Gasteiger partial charge in [0.15, 0.2) is 5.78 Å². The summed E-state index contributed by atoms with van der Waals surface area (Å²) in [4.78, 5) is 17.0. The van der Waals surface area contributed by atoms with Gasteiger partial charge in [0, 0.05) is 23.1 Å². The van der Waals surface area contributed by atoms with Gasteiger partial charge in [-0.25, -0.2) is 0 Å². The Balaban J connectivity index is 2.74. The molecule has 20 heavy (non-hydrogen) atoms. The number of nitrogens with zero attached hydrogens (tertiary/aromatic N) is 2. The van der Waals surface area contributed by atoms with Crippen molar-refractivity contribution in [2.45, 2.75) is 26.3 Å². The summed E-state index contributed by atoms with van der Waals surface area (Å²) in [6.07, 6.45) is 1.06. The molecule has 112 valence electrons. The minimum atomic E-state index is -0.0731. The van der Waals surface area contributed by atoms with Crippen LogP contribution in [-0.4, -0.2) is 55.4 Å². The molecule has 4 heteroatoms. The van der Waals surface area contributed by atoms with Crippen molar-refractivity contribution in [1.29, 1.82) is 0 Å². The molecule has 0 saturated carbocycles. The summed E-state index contributed by atoms with van der Waals surface area (Å²) in [5.41, 5.74) is 0.784. The van der Waals surface area contributed by atoms with Crippen LogP contribution < -0.4 is 0 Å². The van der Waals surface area contributed by atoms with Crippen molar-refractivity contribution in [3.8, 4) is 0 Å². The maximum Gasteiger partial charge on any atom is 0.179 e. The molecule has 0 amide bonds. The Morgan fingerprint density at radius 2 is 1.75 bits per heavy atom. The first-order valence-corrected chi connectivity index (χ1v) is 7.93. The van der Waals surface area contributed by atoms with E-state index in [1.807, 2.05) is 31.2 Å². The van der Waals surface area contributed by atoms with Gasteiger partial charge in [-0.15, -0.1) is 0 Å². The second kappa shape index (κ2) is 8.55. The number of hydrogen-bond donors (Lipinski definition) is 0. The van der Waals surface area contributed by atoms with Gasteiger partial charge in [-0.05, 0) is 46.1 Å². The highest BCUT2D eigenvalue weighted by atomic mass is 79.9. The number of halogens is 1. The fourth-order valence-corrected chi connectivity index (χ4v) is 2.40. The largest absolute Gasteiger partial charge is 0.308 e. The number of rotatable bonds is 8. The molecule has 0 spiro atoms. The van der Waals surface area contributed by atoms with Crippen molar-refractivity contribution in [2.75, 3.05) is 33.7 Å². The van der Waals surface area contributed by atoms with Gasteiger partial charge in [0.25, 0.3) is 0 Å². The van der Waals surface area contributed by atoms with Crippen molar-refractivity contribution in [1.82, 2.24) is 9.80 Å². The highest BCUT2D eigenvalue weighted by Gasteiger charge is 2.21. The Morgan fingerprint density at radius 3 is 2.25 bits per heavy atom. The maximum absolute atomic E-state index is 12.5. The molecule has 0 heterocycles. The van der Waals surface area contributed by atoms with E-state index < -0.39 is 0 Å². The predicted octanol–water partition coefficient (Wildman–Crippen LogP) is 3.29. The Bertz CT molecular complexity index is 417. The van der Waals surface area contributed by atoms with Crippen molar-refractivity contribution >= 4 is 21.7 Å². The summed E-state index contributed by atoms with van der Waals surface area (Å²) in [6, 6.07) is 7.54. The summed E-state index contributed by atoms with van der Waals surface area (Å²) in [5.74, 6) is 0.199. The van der Waals surface area contributed by atoms with E-state index in [2.05, 4.69) is 46.7 Å². The Labute approximate surface area is 131 Å². The number of carbonyl (C=O) groups is 1. The van der Waals surface area contributed by atoms with Crippen LogP contribution in [0.25, 0.3) is 0 Å². The SMILES string of the molecule is CCCN(CCN(C)C)C(C)C(=O)c1ccc(Br)cc1. The number of ketones is 1. The van der Waals surface area contributed by atoms with E-state index in [9.17, 15) is 4.79 Å². The third-order valence-electron chi connectivity index (χ3n) is 3.40. The lowest BCUT2D eigenvalue weighted by Crippen LogP contribution is -2.43. The van der Waals surface area contributed by atoms with Gasteiger partial charge in [-0.1, -0.05) is 35.0 Å². The van der Waals surface area contributed by atoms with Crippen molar-refractivity contribution in [3.05, 3.63) is 34.3 Å². The van der Waals surface area contributed by atoms with E-state index in [0.29, 0.717) is 0 Å². The zero-order valence-electron chi connectivity index (χ0n) is 12.9. The van der Waals surface area contributed by atoms with Gasteiger partial charge in [-0.3, -0.25) is 9.69 Å². The summed E-state index contributed by atoms with van der Waals surface area (Å²) in [7, 11) is 4.12. The molecule has 1 aromatic carbocycles. The predicted molar refractivity (Wildman–Crippen MR) is 88.4 cm³/mol. The van der Waals surface area contributed by atoms with Crippen molar-refractivity contribution < 1.29 is 4.79 Å². The van der Waals surface area contributed by atoms with E-state index >= 15 is 0 Å². The van der Waals surface area contributed by atoms with Crippen LogP contribution in [0.5, 0.6) is 0 Å². The summed E-state index contributed by atoms with van der Waals surface area (Å²) in [6.45, 7) is 7.01. The van der Waals surface area contributed by atoms with Gasteiger partial charge < -0.3 is 4.90 Å². The number of likely N-dealkylation sites (N-methyl/N-ethyl adjacent to an activating group) is 1. The molecular weight excluding hydrogens is 316 g/mol. The Hall–Kier alpha value is -0.710. The second-order valence-electron chi connectivity index (χ2n) is 5.39. The Kier molecular flexibility index (Phi) is 7.41. The zero-order valence-corrected chi connectivity index (χ0v) is 14.5. The van der Waals surface area contributed by atoms with Gasteiger partial charge >= 0.3 is 0 Å². The summed E-state index contributed by atoms with van der Waals surface area (Å²) < 4.78 is 1.000. The van der Waals surface area contributed by atoms with Crippen molar-refractivity contribution in [2.24, 2.45) is 0 Å². The monoisotopic (exact) mass is 340 g/mol. The van der Waals surface area contributed by atoms with E-state index in [1.165, 1.54) is 0 Å². The second-order valence-corrected chi connectivity index (χ2v) is 6.30. The van der Waals surface area contributed by atoms with Crippen LogP contribution >= 0.6 is 15.9 Å². The smallest absolute Gasteiger partial charge is 0.179 e. The molecule has 1 atom stereocenters. The lowest BCUT2D eigenvalue weighted by molar-refractivity contribution is 0.0828. The van der Waals surface area contributed by atoms with Crippen LogP contribution in [-0.2, 0) is 0 Å². The van der Waals surface area contributed by atoms with E-state index in [-0.39, 0.29) is 11.8 Å². The number of benzene rings is 1. The fourth-order valence-electron chi connectivity index (χ4n) is 2.14. The van der Waals surface area contributed by atoms with Crippen LogP contribution in [0.1, 0.15) is 30.6 Å². The lowest BCUT2D eigenvalue weighted by atomic mass is 10.0. The van der Waals surface area contributed by atoms with Crippen LogP contribution in [0.4, 0.5) is 0 Å². The van der Waals surface area contributed by atoms with Crippen LogP contribution in [0.15, 0.2) is 28.7 Å². The molecule has 1 aromatic rings. The molecule has 0 bridgehead atoms. The molecule has 0 radical (unpaired) electrons. The molecule has 0 aliphatic carbocycles. The topological polar surface area (TPSA) is 23.6 Å². The third kappa shape index (κ3) is 5.35. The van der Waals surface area contributed by atoms with Crippen molar-refractivity contribution in [3.63, 3.8) is 0 Å². The molecular formula is C16H25BrN2O. The molecule has 3 nitrogen and oxygen atoms in total. The zero-order chi connectivity index (χ0) is 15.1. The van der Waals surface area contributed by atoms with Gasteiger partial charge in [-0.2, -0.15) is 0 Å². The minimum Gasteiger partial charge on any atom is -0.308 e. The number of carbonyl (C=O) groups excluding carboxylic acids is 1. The number of hydrogen-bond acceptors (Lipinski definition) is 3. The van der Waals surface area contributed by atoms with Gasteiger partial charge in [0.1, 0.15) is 0 Å². The number of Topliss-reactive ketones (excluding diaryl/α,β-unsaturated/α-hetero) is 1. The highest BCUT2D eigenvalue weighted by molar-refractivity contribution is 9.10. The first kappa shape index (κ1) is 17.3. The normalized spacial score (nSPS) is 12.9. The van der Waals surface area contributed by atoms with Crippen LogP contribution in [0.2, 0.25) is 0 Å². The fraction of sp³-hybridized carbons (Fsp3) is 0.562. The average molecular weight is 341 g/mol. The summed E-state index contributed by atoms with van der Waals surface area (Å²) >= 11 is 3.40. The molecule has 1 rings (SSSR count). The highest BCUT2D eigenvalue weighted by Crippen LogP contribution is 2.14. The maximum atomic E-state index is 12.5. The first-order valence-electron chi connectivity index (χ1n) is 7.14. The molecule has 1 unspecified atom stereocenters. The minimum absolute atomic E-state index is 0.0731. The standard InChI is InChI=1S/C16H25BrN2O/c1-5-10-19(12-11-18(3)4)13(2)16(20)14-6-8-15(17)9-7-14/h6-9,13H,5,10-12H2,1-4H3. The molecule has 0 saturated heterocycles. The van der Waals surface area contributed by atoms with E-state index in [0.717, 1.165) is 36.1 Å². The quantitative estimate of drug-likeness (QED) is 0.678.